The summed E-state index contributed by atoms with van der Waals surface area (Å²) in [5.74, 6) is 0. The fraction of sp³-hybridized carbons (Fsp3) is 0.824. The van der Waals surface area contributed by atoms with Gasteiger partial charge >= 0.3 is 0 Å². The molecule has 0 spiro atoms. The molecule has 1 aliphatic heterocycles. The molecular weight excluding hydrogens is 278 g/mol. The largest absolute Gasteiger partial charge is 0.345 e. The van der Waals surface area contributed by atoms with Crippen molar-refractivity contribution >= 4 is 16.5 Å². The Morgan fingerprint density at radius 1 is 1.33 bits per heavy atom. The summed E-state index contributed by atoms with van der Waals surface area (Å²) in [4.78, 5) is 8.91. The first-order valence-electron chi connectivity index (χ1n) is 8.64. The van der Waals surface area contributed by atoms with Gasteiger partial charge < -0.3 is 10.2 Å². The van der Waals surface area contributed by atoms with Gasteiger partial charge in [0.1, 0.15) is 0 Å². The number of thiazole rings is 1. The first kappa shape index (κ1) is 16.8. The van der Waals surface area contributed by atoms with E-state index in [2.05, 4.69) is 37.9 Å². The van der Waals surface area contributed by atoms with Gasteiger partial charge in [-0.3, -0.25) is 0 Å². The summed E-state index contributed by atoms with van der Waals surface area (Å²) >= 11 is 1.91. The zero-order valence-corrected chi connectivity index (χ0v) is 14.9. The second kappa shape index (κ2) is 8.14. The molecule has 1 saturated heterocycles. The van der Waals surface area contributed by atoms with Crippen LogP contribution in [0, 0.1) is 6.92 Å². The lowest BCUT2D eigenvalue weighted by atomic mass is 10.1. The Bertz CT molecular complexity index is 430. The van der Waals surface area contributed by atoms with Gasteiger partial charge in [0.05, 0.1) is 5.69 Å². The number of hydrogen-bond acceptors (Lipinski definition) is 4. The molecule has 1 aromatic heterocycles. The molecule has 120 valence electrons. The Labute approximate surface area is 134 Å². The minimum Gasteiger partial charge on any atom is -0.345 e. The van der Waals surface area contributed by atoms with Crippen molar-refractivity contribution in [3.8, 4) is 0 Å². The molecule has 2 atom stereocenters. The monoisotopic (exact) mass is 309 g/mol. The SMILES string of the molecule is CCCNC(C)c1sc(N2CCCCCC2CC)nc1C. The van der Waals surface area contributed by atoms with E-state index in [4.69, 9.17) is 4.98 Å². The lowest BCUT2D eigenvalue weighted by Crippen LogP contribution is -2.34. The second-order valence-electron chi connectivity index (χ2n) is 6.23. The van der Waals surface area contributed by atoms with Crippen molar-refractivity contribution in [3.63, 3.8) is 0 Å². The standard InChI is InChI=1S/C17H31N3S/c1-5-11-18-13(3)16-14(4)19-17(21-16)20-12-9-7-8-10-15(20)6-2/h13,15,18H,5-12H2,1-4H3. The molecule has 3 nitrogen and oxygen atoms in total. The quantitative estimate of drug-likeness (QED) is 0.827. The van der Waals surface area contributed by atoms with Crippen molar-refractivity contribution in [1.82, 2.24) is 10.3 Å². The van der Waals surface area contributed by atoms with Crippen LogP contribution >= 0.6 is 11.3 Å². The van der Waals surface area contributed by atoms with Crippen LogP contribution in [0.25, 0.3) is 0 Å². The van der Waals surface area contributed by atoms with E-state index in [0.717, 1.165) is 6.54 Å². The maximum absolute atomic E-state index is 4.91. The van der Waals surface area contributed by atoms with Gasteiger partial charge in [0.2, 0.25) is 0 Å². The van der Waals surface area contributed by atoms with Crippen LogP contribution in [0.4, 0.5) is 5.13 Å². The lowest BCUT2D eigenvalue weighted by Gasteiger charge is -2.28. The average molecular weight is 310 g/mol. The van der Waals surface area contributed by atoms with Gasteiger partial charge in [-0.1, -0.05) is 26.7 Å². The van der Waals surface area contributed by atoms with Gasteiger partial charge in [-0.2, -0.15) is 0 Å². The Balaban J connectivity index is 2.15. The maximum Gasteiger partial charge on any atom is 0.186 e. The third-order valence-electron chi connectivity index (χ3n) is 4.51. The molecule has 0 amide bonds. The molecule has 4 heteroatoms. The highest BCUT2D eigenvalue weighted by molar-refractivity contribution is 7.15. The third-order valence-corrected chi connectivity index (χ3v) is 5.89. The van der Waals surface area contributed by atoms with Crippen molar-refractivity contribution in [1.29, 1.82) is 0 Å². The number of aromatic nitrogens is 1. The van der Waals surface area contributed by atoms with Crippen LogP contribution in [0.2, 0.25) is 0 Å². The Hall–Kier alpha value is -0.610. The van der Waals surface area contributed by atoms with Crippen molar-refractivity contribution < 1.29 is 0 Å². The number of nitrogens with one attached hydrogen (secondary N) is 1. The van der Waals surface area contributed by atoms with Gasteiger partial charge in [0.25, 0.3) is 0 Å². The van der Waals surface area contributed by atoms with Crippen molar-refractivity contribution in [2.24, 2.45) is 0 Å². The molecule has 2 unspecified atom stereocenters. The molecule has 2 rings (SSSR count). The Morgan fingerprint density at radius 3 is 2.86 bits per heavy atom. The zero-order valence-electron chi connectivity index (χ0n) is 14.1. The fourth-order valence-electron chi connectivity index (χ4n) is 3.23. The molecule has 2 heterocycles. The molecule has 0 aromatic carbocycles. The van der Waals surface area contributed by atoms with E-state index in [9.17, 15) is 0 Å². The van der Waals surface area contributed by atoms with Crippen LogP contribution in [-0.2, 0) is 0 Å². The topological polar surface area (TPSA) is 28.2 Å². The molecule has 0 radical (unpaired) electrons. The summed E-state index contributed by atoms with van der Waals surface area (Å²) < 4.78 is 0. The van der Waals surface area contributed by atoms with E-state index in [-0.39, 0.29) is 0 Å². The first-order chi connectivity index (χ1) is 10.2. The van der Waals surface area contributed by atoms with Crippen molar-refractivity contribution in [3.05, 3.63) is 10.6 Å². The molecule has 1 aromatic rings. The highest BCUT2D eigenvalue weighted by Gasteiger charge is 2.24. The van der Waals surface area contributed by atoms with E-state index < -0.39 is 0 Å². The summed E-state index contributed by atoms with van der Waals surface area (Å²) in [5, 5.41) is 4.85. The first-order valence-corrected chi connectivity index (χ1v) is 9.46. The predicted molar refractivity (Wildman–Crippen MR) is 93.5 cm³/mol. The number of anilines is 1. The van der Waals surface area contributed by atoms with Crippen LogP contribution in [0.3, 0.4) is 0 Å². The molecular formula is C17H31N3S. The van der Waals surface area contributed by atoms with Crippen LogP contribution in [0.15, 0.2) is 0 Å². The van der Waals surface area contributed by atoms with E-state index >= 15 is 0 Å². The molecule has 0 aliphatic carbocycles. The summed E-state index contributed by atoms with van der Waals surface area (Å²) in [6.45, 7) is 11.2. The summed E-state index contributed by atoms with van der Waals surface area (Å²) in [6.07, 6.45) is 7.80. The predicted octanol–water partition coefficient (Wildman–Crippen LogP) is 4.67. The number of nitrogens with zero attached hydrogens (tertiary/aromatic N) is 2. The molecule has 1 N–H and O–H groups in total. The Morgan fingerprint density at radius 2 is 2.14 bits per heavy atom. The number of aryl methyl sites for hydroxylation is 1. The van der Waals surface area contributed by atoms with E-state index in [1.165, 1.54) is 60.8 Å². The summed E-state index contributed by atoms with van der Waals surface area (Å²) in [5.41, 5.74) is 1.21. The van der Waals surface area contributed by atoms with E-state index in [1.807, 2.05) is 11.3 Å². The lowest BCUT2D eigenvalue weighted by molar-refractivity contribution is 0.555. The maximum atomic E-state index is 4.91. The summed E-state index contributed by atoms with van der Waals surface area (Å²) in [6, 6.07) is 1.10. The van der Waals surface area contributed by atoms with Gasteiger partial charge in [-0.05, 0) is 46.1 Å². The van der Waals surface area contributed by atoms with Crippen LogP contribution in [-0.4, -0.2) is 24.1 Å². The number of hydrogen-bond donors (Lipinski definition) is 1. The van der Waals surface area contributed by atoms with E-state index in [1.54, 1.807) is 0 Å². The Kier molecular flexibility index (Phi) is 6.49. The minimum absolute atomic E-state index is 0.420. The van der Waals surface area contributed by atoms with Crippen LogP contribution < -0.4 is 10.2 Å². The van der Waals surface area contributed by atoms with Crippen molar-refractivity contribution in [2.75, 3.05) is 18.0 Å². The van der Waals surface area contributed by atoms with Crippen molar-refractivity contribution in [2.45, 2.75) is 78.3 Å². The van der Waals surface area contributed by atoms with Gasteiger partial charge in [-0.25, -0.2) is 4.98 Å². The molecule has 0 bridgehead atoms. The van der Waals surface area contributed by atoms with E-state index in [0.29, 0.717) is 12.1 Å². The van der Waals surface area contributed by atoms with Gasteiger partial charge in [0.15, 0.2) is 5.13 Å². The smallest absolute Gasteiger partial charge is 0.186 e. The third kappa shape index (κ3) is 4.19. The number of rotatable bonds is 6. The van der Waals surface area contributed by atoms with Gasteiger partial charge in [-0.15, -0.1) is 11.3 Å². The normalized spacial score (nSPS) is 21.3. The molecule has 21 heavy (non-hydrogen) atoms. The summed E-state index contributed by atoms with van der Waals surface area (Å²) in [7, 11) is 0. The second-order valence-corrected chi connectivity index (χ2v) is 7.24. The van der Waals surface area contributed by atoms with Crippen LogP contribution in [0.5, 0.6) is 0 Å². The molecule has 1 aliphatic rings. The molecule has 0 saturated carbocycles. The van der Waals surface area contributed by atoms with Crippen LogP contribution in [0.1, 0.15) is 75.9 Å². The highest BCUT2D eigenvalue weighted by Crippen LogP contribution is 2.34. The zero-order chi connectivity index (χ0) is 15.2. The minimum atomic E-state index is 0.420. The molecule has 1 fully saturated rings. The highest BCUT2D eigenvalue weighted by atomic mass is 32.1. The fourth-order valence-corrected chi connectivity index (χ4v) is 4.42. The average Bonchev–Trinajstić information content (AvgIpc) is 2.73. The van der Waals surface area contributed by atoms with Gasteiger partial charge in [0, 0.05) is 23.5 Å².